The molecule has 3 heterocycles. The summed E-state index contributed by atoms with van der Waals surface area (Å²) in [5, 5.41) is 7.74. The number of nitrogens with zero attached hydrogens (tertiary/aromatic N) is 3. The van der Waals surface area contributed by atoms with Gasteiger partial charge in [-0.05, 0) is 40.2 Å². The first-order valence-corrected chi connectivity index (χ1v) is 8.23. The van der Waals surface area contributed by atoms with Crippen LogP contribution in [-0.2, 0) is 0 Å². The van der Waals surface area contributed by atoms with Gasteiger partial charge in [-0.1, -0.05) is 6.42 Å². The number of rotatable bonds is 3. The fourth-order valence-electron chi connectivity index (χ4n) is 2.57. The maximum Gasteiger partial charge on any atom is 0.188 e. The Kier molecular flexibility index (Phi) is 4.17. The number of anilines is 2. The fraction of sp³-hybridized carbons (Fsp3) is 0.533. The lowest BCUT2D eigenvalue weighted by Crippen LogP contribution is -2.27. The molecule has 0 bridgehead atoms. The van der Waals surface area contributed by atoms with Gasteiger partial charge in [-0.2, -0.15) is 0 Å². The molecule has 2 aromatic rings. The molecule has 0 radical (unpaired) electrons. The third-order valence-corrected chi connectivity index (χ3v) is 4.78. The standard InChI is InChI=1S/C15H21N5S/c1-9-10(2)21-15(17-9)20-14-8-13(18-11(3)19-14)12-6-4-5-7-16-12/h8,12,16H,4-7H2,1-3H3,(H,17,18,19,20). The second-order valence-electron chi connectivity index (χ2n) is 5.51. The predicted molar refractivity (Wildman–Crippen MR) is 86.2 cm³/mol. The molecule has 0 aromatic carbocycles. The zero-order chi connectivity index (χ0) is 14.8. The molecule has 1 aliphatic rings. The number of hydrogen-bond donors (Lipinski definition) is 2. The largest absolute Gasteiger partial charge is 0.316 e. The van der Waals surface area contributed by atoms with Crippen molar-refractivity contribution in [2.45, 2.75) is 46.1 Å². The van der Waals surface area contributed by atoms with Gasteiger partial charge in [0.25, 0.3) is 0 Å². The summed E-state index contributed by atoms with van der Waals surface area (Å²) in [7, 11) is 0. The van der Waals surface area contributed by atoms with Crippen molar-refractivity contribution >= 4 is 22.3 Å². The molecular formula is C15H21N5S. The zero-order valence-corrected chi connectivity index (χ0v) is 13.5. The summed E-state index contributed by atoms with van der Waals surface area (Å²) in [6.07, 6.45) is 3.66. The molecule has 21 heavy (non-hydrogen) atoms. The van der Waals surface area contributed by atoms with Crippen molar-refractivity contribution in [1.29, 1.82) is 0 Å². The highest BCUT2D eigenvalue weighted by atomic mass is 32.1. The van der Waals surface area contributed by atoms with Crippen molar-refractivity contribution in [2.24, 2.45) is 0 Å². The van der Waals surface area contributed by atoms with E-state index in [9.17, 15) is 0 Å². The third kappa shape index (κ3) is 3.39. The number of aryl methyl sites for hydroxylation is 3. The van der Waals surface area contributed by atoms with E-state index in [4.69, 9.17) is 0 Å². The highest BCUT2D eigenvalue weighted by Crippen LogP contribution is 2.27. The van der Waals surface area contributed by atoms with Crippen LogP contribution in [0.2, 0.25) is 0 Å². The van der Waals surface area contributed by atoms with E-state index in [2.05, 4.69) is 32.5 Å². The zero-order valence-electron chi connectivity index (χ0n) is 12.7. The molecule has 0 amide bonds. The van der Waals surface area contributed by atoms with Crippen molar-refractivity contribution < 1.29 is 0 Å². The first-order chi connectivity index (χ1) is 10.1. The summed E-state index contributed by atoms with van der Waals surface area (Å²) >= 11 is 1.66. The maximum atomic E-state index is 4.59. The first kappa shape index (κ1) is 14.4. The van der Waals surface area contributed by atoms with Crippen LogP contribution in [0.3, 0.4) is 0 Å². The normalized spacial score (nSPS) is 18.7. The lowest BCUT2D eigenvalue weighted by molar-refractivity contribution is 0.404. The molecule has 0 aliphatic carbocycles. The minimum absolute atomic E-state index is 0.348. The average Bonchev–Trinajstić information content (AvgIpc) is 2.77. The third-order valence-electron chi connectivity index (χ3n) is 3.79. The SMILES string of the molecule is Cc1nc(Nc2nc(C)c(C)s2)cc(C2CCCCN2)n1. The summed E-state index contributed by atoms with van der Waals surface area (Å²) in [5.41, 5.74) is 2.15. The molecule has 1 unspecified atom stereocenters. The number of thiazole rings is 1. The van der Waals surface area contributed by atoms with E-state index in [-0.39, 0.29) is 0 Å². The smallest absolute Gasteiger partial charge is 0.188 e. The van der Waals surface area contributed by atoms with Gasteiger partial charge in [0.2, 0.25) is 0 Å². The number of hydrogen-bond acceptors (Lipinski definition) is 6. The quantitative estimate of drug-likeness (QED) is 0.909. The van der Waals surface area contributed by atoms with E-state index in [0.717, 1.165) is 41.1 Å². The fourth-order valence-corrected chi connectivity index (χ4v) is 3.39. The van der Waals surface area contributed by atoms with Crippen LogP contribution in [0.5, 0.6) is 0 Å². The molecule has 6 heteroatoms. The van der Waals surface area contributed by atoms with Crippen LogP contribution in [0.15, 0.2) is 6.07 Å². The van der Waals surface area contributed by atoms with E-state index >= 15 is 0 Å². The lowest BCUT2D eigenvalue weighted by Gasteiger charge is -2.23. The molecule has 2 aromatic heterocycles. The van der Waals surface area contributed by atoms with Crippen molar-refractivity contribution in [1.82, 2.24) is 20.3 Å². The van der Waals surface area contributed by atoms with Gasteiger partial charge in [0.15, 0.2) is 5.13 Å². The van der Waals surface area contributed by atoms with Gasteiger partial charge >= 0.3 is 0 Å². The van der Waals surface area contributed by atoms with E-state index in [1.165, 1.54) is 17.7 Å². The second kappa shape index (κ2) is 6.07. The Bertz CT molecular complexity index is 611. The molecule has 1 aliphatic heterocycles. The van der Waals surface area contributed by atoms with E-state index in [1.807, 2.05) is 19.9 Å². The van der Waals surface area contributed by atoms with Crippen molar-refractivity contribution in [3.63, 3.8) is 0 Å². The molecular weight excluding hydrogens is 282 g/mol. The second-order valence-corrected chi connectivity index (χ2v) is 6.72. The topological polar surface area (TPSA) is 62.7 Å². The molecule has 1 saturated heterocycles. The Morgan fingerprint density at radius 3 is 2.71 bits per heavy atom. The van der Waals surface area contributed by atoms with E-state index < -0.39 is 0 Å². The van der Waals surface area contributed by atoms with Crippen LogP contribution in [0.1, 0.15) is 47.4 Å². The molecule has 112 valence electrons. The van der Waals surface area contributed by atoms with Crippen LogP contribution in [0, 0.1) is 20.8 Å². The maximum absolute atomic E-state index is 4.59. The first-order valence-electron chi connectivity index (χ1n) is 7.42. The van der Waals surface area contributed by atoms with Gasteiger partial charge in [-0.25, -0.2) is 15.0 Å². The Morgan fingerprint density at radius 2 is 2.05 bits per heavy atom. The number of piperidine rings is 1. The highest BCUT2D eigenvalue weighted by molar-refractivity contribution is 7.15. The summed E-state index contributed by atoms with van der Waals surface area (Å²) in [6, 6.07) is 2.39. The summed E-state index contributed by atoms with van der Waals surface area (Å²) in [6.45, 7) is 7.12. The number of aromatic nitrogens is 3. The van der Waals surface area contributed by atoms with E-state index in [0.29, 0.717) is 6.04 Å². The van der Waals surface area contributed by atoms with Gasteiger partial charge in [0.05, 0.1) is 11.4 Å². The lowest BCUT2D eigenvalue weighted by atomic mass is 10.0. The minimum Gasteiger partial charge on any atom is -0.316 e. The van der Waals surface area contributed by atoms with E-state index in [1.54, 1.807) is 11.3 Å². The van der Waals surface area contributed by atoms with Crippen molar-refractivity contribution in [3.8, 4) is 0 Å². The Balaban J connectivity index is 1.83. The van der Waals surface area contributed by atoms with Gasteiger partial charge in [0, 0.05) is 17.0 Å². The molecule has 5 nitrogen and oxygen atoms in total. The van der Waals surface area contributed by atoms with Crippen LogP contribution in [0.4, 0.5) is 10.9 Å². The van der Waals surface area contributed by atoms with Crippen LogP contribution >= 0.6 is 11.3 Å². The van der Waals surface area contributed by atoms with Crippen LogP contribution in [0.25, 0.3) is 0 Å². The summed E-state index contributed by atoms with van der Waals surface area (Å²) < 4.78 is 0. The number of nitrogens with one attached hydrogen (secondary N) is 2. The average molecular weight is 303 g/mol. The minimum atomic E-state index is 0.348. The molecule has 1 fully saturated rings. The van der Waals surface area contributed by atoms with Gasteiger partial charge in [-0.15, -0.1) is 11.3 Å². The molecule has 3 rings (SSSR count). The van der Waals surface area contributed by atoms with Gasteiger partial charge in [-0.3, -0.25) is 0 Å². The monoisotopic (exact) mass is 303 g/mol. The molecule has 0 spiro atoms. The molecule has 2 N–H and O–H groups in total. The molecule has 1 atom stereocenters. The predicted octanol–water partition coefficient (Wildman–Crippen LogP) is 3.42. The Hall–Kier alpha value is -1.53. The van der Waals surface area contributed by atoms with Crippen molar-refractivity contribution in [2.75, 3.05) is 11.9 Å². The van der Waals surface area contributed by atoms with Gasteiger partial charge < -0.3 is 10.6 Å². The van der Waals surface area contributed by atoms with Crippen LogP contribution < -0.4 is 10.6 Å². The van der Waals surface area contributed by atoms with Gasteiger partial charge in [0.1, 0.15) is 11.6 Å². The summed E-state index contributed by atoms with van der Waals surface area (Å²) in [4.78, 5) is 14.8. The van der Waals surface area contributed by atoms with Crippen LogP contribution in [-0.4, -0.2) is 21.5 Å². The molecule has 0 saturated carbocycles. The van der Waals surface area contributed by atoms with Crippen molar-refractivity contribution in [3.05, 3.63) is 28.2 Å². The Morgan fingerprint density at radius 1 is 1.19 bits per heavy atom. The highest BCUT2D eigenvalue weighted by Gasteiger charge is 2.17. The summed E-state index contributed by atoms with van der Waals surface area (Å²) in [5.74, 6) is 1.63. The Labute approximate surface area is 129 Å².